The van der Waals surface area contributed by atoms with Crippen LogP contribution in [0.3, 0.4) is 0 Å². The lowest BCUT2D eigenvalue weighted by Crippen LogP contribution is -2.62. The molecule has 1 N–H and O–H groups in total. The summed E-state index contributed by atoms with van der Waals surface area (Å²) >= 11 is 0. The summed E-state index contributed by atoms with van der Waals surface area (Å²) in [5.41, 5.74) is -0.0643. The molecule has 29 heavy (non-hydrogen) atoms. The van der Waals surface area contributed by atoms with Crippen molar-refractivity contribution in [3.63, 3.8) is 0 Å². The number of aliphatic hydroxyl groups is 1. The van der Waals surface area contributed by atoms with Gasteiger partial charge >= 0.3 is 0 Å². The molecule has 0 aromatic rings. The first-order chi connectivity index (χ1) is 13.9. The minimum absolute atomic E-state index is 0.133. The van der Waals surface area contributed by atoms with Crippen LogP contribution in [0.5, 0.6) is 0 Å². The molecule has 0 aromatic heterocycles. The maximum Gasteiger partial charge on any atom is 0.163 e. The Bertz CT molecular complexity index is 630. The van der Waals surface area contributed by atoms with Crippen LogP contribution in [0, 0.1) is 34.5 Å². The van der Waals surface area contributed by atoms with Crippen molar-refractivity contribution in [3.05, 3.63) is 12.7 Å². The van der Waals surface area contributed by atoms with Gasteiger partial charge in [-0.2, -0.15) is 0 Å². The van der Waals surface area contributed by atoms with Gasteiger partial charge in [0.15, 0.2) is 6.29 Å². The molecule has 5 rings (SSSR count). The van der Waals surface area contributed by atoms with Crippen molar-refractivity contribution >= 4 is 0 Å². The van der Waals surface area contributed by atoms with E-state index in [1.54, 1.807) is 0 Å². The van der Waals surface area contributed by atoms with Gasteiger partial charge in [-0.15, -0.1) is 6.58 Å². The molecule has 1 unspecified atom stereocenters. The summed E-state index contributed by atoms with van der Waals surface area (Å²) < 4.78 is 18.2. The molecule has 164 valence electrons. The Morgan fingerprint density at radius 3 is 2.62 bits per heavy atom. The SMILES string of the molecule is C=CCO[C@@H]1C[C@H]2CC[C@@H]3[C@H](CC[C@]4(C)CCC[C@]34O)[C@@]2(C)CC1C1OCCO1. The first kappa shape index (κ1) is 20.5. The van der Waals surface area contributed by atoms with E-state index >= 15 is 0 Å². The minimum Gasteiger partial charge on any atom is -0.389 e. The molecule has 5 aliphatic rings. The average Bonchev–Trinajstić information content (AvgIpc) is 3.33. The third kappa shape index (κ3) is 3.00. The zero-order valence-corrected chi connectivity index (χ0v) is 18.4. The largest absolute Gasteiger partial charge is 0.389 e. The maximum absolute atomic E-state index is 11.9. The fraction of sp³-hybridized carbons (Fsp3) is 0.920. The fourth-order valence-electron chi connectivity index (χ4n) is 8.57. The average molecular weight is 405 g/mol. The van der Waals surface area contributed by atoms with Crippen LogP contribution in [0.1, 0.15) is 71.6 Å². The van der Waals surface area contributed by atoms with Crippen LogP contribution in [-0.2, 0) is 14.2 Å². The Hall–Kier alpha value is -0.420. The smallest absolute Gasteiger partial charge is 0.163 e. The summed E-state index contributed by atoms with van der Waals surface area (Å²) in [6.45, 7) is 10.7. The molecule has 8 atom stereocenters. The number of ether oxygens (including phenoxy) is 3. The molecule has 0 aromatic carbocycles. The predicted octanol–water partition coefficient (Wildman–Crippen LogP) is 4.70. The first-order valence-electron chi connectivity index (χ1n) is 12.1. The third-order valence-electron chi connectivity index (χ3n) is 10.1. The molecular weight excluding hydrogens is 364 g/mol. The molecule has 1 heterocycles. The Balaban J connectivity index is 1.43. The number of hydrogen-bond donors (Lipinski definition) is 1. The van der Waals surface area contributed by atoms with Gasteiger partial charge in [-0.3, -0.25) is 0 Å². The normalized spacial score (nSPS) is 52.6. The highest BCUT2D eigenvalue weighted by atomic mass is 16.7. The molecule has 0 bridgehead atoms. The fourth-order valence-corrected chi connectivity index (χ4v) is 8.57. The minimum atomic E-state index is -0.448. The van der Waals surface area contributed by atoms with Crippen molar-refractivity contribution in [1.29, 1.82) is 0 Å². The van der Waals surface area contributed by atoms with E-state index in [1.807, 2.05) is 6.08 Å². The molecule has 0 spiro atoms. The van der Waals surface area contributed by atoms with Crippen molar-refractivity contribution in [2.45, 2.75) is 89.6 Å². The van der Waals surface area contributed by atoms with Gasteiger partial charge in [-0.1, -0.05) is 19.9 Å². The maximum atomic E-state index is 11.9. The highest BCUT2D eigenvalue weighted by Gasteiger charge is 2.65. The van der Waals surface area contributed by atoms with Crippen molar-refractivity contribution in [2.24, 2.45) is 34.5 Å². The summed E-state index contributed by atoms with van der Waals surface area (Å²) in [6, 6.07) is 0. The van der Waals surface area contributed by atoms with Crippen LogP contribution in [-0.4, -0.2) is 42.9 Å². The Kier molecular flexibility index (Phi) is 5.17. The highest BCUT2D eigenvalue weighted by molar-refractivity contribution is 5.15. The Morgan fingerprint density at radius 1 is 1.07 bits per heavy atom. The van der Waals surface area contributed by atoms with Gasteiger partial charge < -0.3 is 19.3 Å². The second-order valence-electron chi connectivity index (χ2n) is 11.2. The standard InChI is InChI=1S/C25H40O4/c1-4-12-27-21-15-17-6-7-20-19(8-11-23(2)9-5-10-25(20,23)26)24(17,3)16-18(21)22-28-13-14-29-22/h4,17-22,26H,1,5-16H2,2-3H3/t17-,18?,19+,20-,21-,23+,24+,25+/m1/s1. The summed E-state index contributed by atoms with van der Waals surface area (Å²) in [4.78, 5) is 0. The first-order valence-corrected chi connectivity index (χ1v) is 12.1. The molecule has 4 aliphatic carbocycles. The molecule has 4 saturated carbocycles. The number of rotatable bonds is 4. The van der Waals surface area contributed by atoms with Crippen molar-refractivity contribution in [1.82, 2.24) is 0 Å². The van der Waals surface area contributed by atoms with E-state index in [0.29, 0.717) is 37.6 Å². The highest BCUT2D eigenvalue weighted by Crippen LogP contribution is 2.68. The third-order valence-corrected chi connectivity index (χ3v) is 10.1. The van der Waals surface area contributed by atoms with Crippen LogP contribution >= 0.6 is 0 Å². The van der Waals surface area contributed by atoms with E-state index < -0.39 is 5.60 Å². The zero-order chi connectivity index (χ0) is 20.3. The van der Waals surface area contributed by atoms with E-state index in [1.165, 1.54) is 38.5 Å². The zero-order valence-electron chi connectivity index (χ0n) is 18.4. The Morgan fingerprint density at radius 2 is 1.86 bits per heavy atom. The van der Waals surface area contributed by atoms with Gasteiger partial charge in [0.2, 0.25) is 0 Å². The van der Waals surface area contributed by atoms with E-state index in [0.717, 1.165) is 19.3 Å². The molecule has 5 fully saturated rings. The Labute approximate surface area is 176 Å². The van der Waals surface area contributed by atoms with E-state index in [9.17, 15) is 5.11 Å². The van der Waals surface area contributed by atoms with Crippen LogP contribution in [0.25, 0.3) is 0 Å². The lowest BCUT2D eigenvalue weighted by Gasteiger charge is -2.64. The van der Waals surface area contributed by atoms with Gasteiger partial charge in [-0.05, 0) is 86.4 Å². The summed E-state index contributed by atoms with van der Waals surface area (Å²) in [7, 11) is 0. The van der Waals surface area contributed by atoms with E-state index in [4.69, 9.17) is 14.2 Å². The molecule has 0 amide bonds. The second kappa shape index (κ2) is 7.32. The summed E-state index contributed by atoms with van der Waals surface area (Å²) in [6.07, 6.45) is 12.4. The second-order valence-corrected chi connectivity index (χ2v) is 11.2. The van der Waals surface area contributed by atoms with Crippen LogP contribution < -0.4 is 0 Å². The van der Waals surface area contributed by atoms with E-state index in [2.05, 4.69) is 20.4 Å². The van der Waals surface area contributed by atoms with Gasteiger partial charge in [0.05, 0.1) is 31.5 Å². The van der Waals surface area contributed by atoms with Gasteiger partial charge in [-0.25, -0.2) is 0 Å². The van der Waals surface area contributed by atoms with Gasteiger partial charge in [0.1, 0.15) is 0 Å². The number of hydrogen-bond acceptors (Lipinski definition) is 4. The van der Waals surface area contributed by atoms with Crippen molar-refractivity contribution < 1.29 is 19.3 Å². The van der Waals surface area contributed by atoms with Crippen molar-refractivity contribution in [2.75, 3.05) is 19.8 Å². The van der Waals surface area contributed by atoms with E-state index in [-0.39, 0.29) is 29.1 Å². The lowest BCUT2D eigenvalue weighted by atomic mass is 9.43. The number of fused-ring (bicyclic) bond motifs is 5. The van der Waals surface area contributed by atoms with Crippen molar-refractivity contribution in [3.8, 4) is 0 Å². The quantitative estimate of drug-likeness (QED) is 0.690. The molecule has 1 saturated heterocycles. The van der Waals surface area contributed by atoms with Crippen LogP contribution in [0.15, 0.2) is 12.7 Å². The summed E-state index contributed by atoms with van der Waals surface area (Å²) in [5, 5.41) is 11.9. The van der Waals surface area contributed by atoms with Crippen LogP contribution in [0.2, 0.25) is 0 Å². The molecular formula is C25H40O4. The van der Waals surface area contributed by atoms with Gasteiger partial charge in [0, 0.05) is 5.92 Å². The molecule has 0 radical (unpaired) electrons. The predicted molar refractivity (Wildman–Crippen MR) is 112 cm³/mol. The topological polar surface area (TPSA) is 47.9 Å². The molecule has 4 nitrogen and oxygen atoms in total. The molecule has 4 heteroatoms. The lowest BCUT2D eigenvalue weighted by molar-refractivity contribution is -0.228. The molecule has 1 aliphatic heterocycles. The van der Waals surface area contributed by atoms with Gasteiger partial charge in [0.25, 0.3) is 0 Å². The summed E-state index contributed by atoms with van der Waals surface area (Å²) in [5.74, 6) is 2.03. The van der Waals surface area contributed by atoms with Crippen LogP contribution in [0.4, 0.5) is 0 Å². The monoisotopic (exact) mass is 404 g/mol.